The van der Waals surface area contributed by atoms with Crippen LogP contribution in [-0.4, -0.2) is 62.9 Å². The summed E-state index contributed by atoms with van der Waals surface area (Å²) in [6.45, 7) is 10.7. The van der Waals surface area contributed by atoms with Gasteiger partial charge in [0.25, 0.3) is 0 Å². The molecule has 0 radical (unpaired) electrons. The Kier molecular flexibility index (Phi) is 8.15. The monoisotopic (exact) mass is 260 g/mol. The van der Waals surface area contributed by atoms with Gasteiger partial charge in [0.1, 0.15) is 11.6 Å². The highest BCUT2D eigenvalue weighted by atomic mass is 16.6. The number of ether oxygens (including phenoxy) is 2. The fraction of sp³-hybridized carbons (Fsp3) is 0.923. The van der Waals surface area contributed by atoms with Crippen molar-refractivity contribution in [3.63, 3.8) is 0 Å². The molecule has 0 aliphatic carbocycles. The second kappa shape index (κ2) is 8.45. The van der Waals surface area contributed by atoms with Crippen LogP contribution in [0.3, 0.4) is 0 Å². The van der Waals surface area contributed by atoms with E-state index in [1.165, 1.54) is 0 Å². The average Bonchev–Trinajstić information content (AvgIpc) is 2.23. The molecule has 1 atom stereocenters. The normalized spacial score (nSPS) is 13.7. The summed E-state index contributed by atoms with van der Waals surface area (Å²) in [6, 6.07) is -0.278. The van der Waals surface area contributed by atoms with Crippen molar-refractivity contribution in [2.24, 2.45) is 0 Å². The van der Waals surface area contributed by atoms with Gasteiger partial charge in [0, 0.05) is 26.7 Å². The van der Waals surface area contributed by atoms with Gasteiger partial charge in [-0.1, -0.05) is 0 Å². The molecule has 0 rings (SSSR count). The standard InChI is InChI=1S/C13H28N2O3/c1-11(12(16)18-13(2,3)4)14-7-8-15(5)9-10-17-6/h11,14H,7-10H2,1-6H3. The van der Waals surface area contributed by atoms with Crippen LogP contribution in [0.25, 0.3) is 0 Å². The molecule has 1 unspecified atom stereocenters. The predicted octanol–water partition coefficient (Wildman–Crippen LogP) is 0.884. The number of hydrogen-bond acceptors (Lipinski definition) is 5. The number of likely N-dealkylation sites (N-methyl/N-ethyl adjacent to an activating group) is 1. The molecular formula is C13H28N2O3. The van der Waals surface area contributed by atoms with Crippen molar-refractivity contribution in [2.75, 3.05) is 40.4 Å². The summed E-state index contributed by atoms with van der Waals surface area (Å²) in [7, 11) is 3.72. The first-order valence-electron chi connectivity index (χ1n) is 6.40. The first-order valence-corrected chi connectivity index (χ1v) is 6.40. The Morgan fingerprint density at radius 1 is 1.33 bits per heavy atom. The lowest BCUT2D eigenvalue weighted by Crippen LogP contribution is -2.42. The van der Waals surface area contributed by atoms with Crippen LogP contribution < -0.4 is 5.32 Å². The van der Waals surface area contributed by atoms with Gasteiger partial charge in [0.2, 0.25) is 0 Å². The zero-order chi connectivity index (χ0) is 14.2. The number of esters is 1. The molecule has 0 aliphatic rings. The minimum atomic E-state index is -0.428. The number of carbonyl (C=O) groups excluding carboxylic acids is 1. The van der Waals surface area contributed by atoms with Gasteiger partial charge in [-0.3, -0.25) is 4.79 Å². The van der Waals surface area contributed by atoms with Gasteiger partial charge in [0.05, 0.1) is 6.61 Å². The SMILES string of the molecule is COCCN(C)CCNC(C)C(=O)OC(C)(C)C. The number of nitrogens with zero attached hydrogens (tertiary/aromatic N) is 1. The highest BCUT2D eigenvalue weighted by Crippen LogP contribution is 2.08. The Bertz CT molecular complexity index is 239. The summed E-state index contributed by atoms with van der Waals surface area (Å²) < 4.78 is 10.3. The highest BCUT2D eigenvalue weighted by molar-refractivity contribution is 5.75. The van der Waals surface area contributed by atoms with Crippen molar-refractivity contribution in [1.82, 2.24) is 10.2 Å². The van der Waals surface area contributed by atoms with Gasteiger partial charge >= 0.3 is 5.97 Å². The molecule has 0 aromatic heterocycles. The molecule has 0 aromatic rings. The molecule has 5 nitrogen and oxygen atoms in total. The van der Waals surface area contributed by atoms with E-state index in [0.717, 1.165) is 26.2 Å². The molecule has 108 valence electrons. The lowest BCUT2D eigenvalue weighted by atomic mass is 10.2. The molecule has 0 amide bonds. The zero-order valence-electron chi connectivity index (χ0n) is 12.6. The molecule has 1 N–H and O–H groups in total. The Morgan fingerprint density at radius 3 is 2.44 bits per heavy atom. The number of rotatable bonds is 8. The molecule has 18 heavy (non-hydrogen) atoms. The summed E-state index contributed by atoms with van der Waals surface area (Å²) in [6.07, 6.45) is 0. The molecule has 0 saturated heterocycles. The second-order valence-electron chi connectivity index (χ2n) is 5.51. The molecule has 0 spiro atoms. The maximum atomic E-state index is 11.7. The van der Waals surface area contributed by atoms with Crippen LogP contribution >= 0.6 is 0 Å². The van der Waals surface area contributed by atoms with Crippen molar-refractivity contribution >= 4 is 5.97 Å². The van der Waals surface area contributed by atoms with E-state index < -0.39 is 5.60 Å². The van der Waals surface area contributed by atoms with E-state index >= 15 is 0 Å². The van der Waals surface area contributed by atoms with Gasteiger partial charge in [0.15, 0.2) is 0 Å². The van der Waals surface area contributed by atoms with Gasteiger partial charge in [-0.2, -0.15) is 0 Å². The topological polar surface area (TPSA) is 50.8 Å². The molecule has 0 saturated carbocycles. The van der Waals surface area contributed by atoms with E-state index in [1.54, 1.807) is 7.11 Å². The fourth-order valence-electron chi connectivity index (χ4n) is 1.30. The van der Waals surface area contributed by atoms with E-state index in [9.17, 15) is 4.79 Å². The van der Waals surface area contributed by atoms with E-state index in [-0.39, 0.29) is 12.0 Å². The fourth-order valence-corrected chi connectivity index (χ4v) is 1.30. The number of hydrogen-bond donors (Lipinski definition) is 1. The molecule has 0 fully saturated rings. The summed E-state index contributed by atoms with van der Waals surface area (Å²) in [5, 5.41) is 3.16. The third-order valence-corrected chi connectivity index (χ3v) is 2.38. The van der Waals surface area contributed by atoms with E-state index in [2.05, 4.69) is 10.2 Å². The lowest BCUT2D eigenvalue weighted by molar-refractivity contribution is -0.156. The molecule has 5 heteroatoms. The van der Waals surface area contributed by atoms with Crippen LogP contribution in [0.2, 0.25) is 0 Å². The third kappa shape index (κ3) is 9.39. The molecule has 0 heterocycles. The summed E-state index contributed by atoms with van der Waals surface area (Å²) >= 11 is 0. The number of nitrogens with one attached hydrogen (secondary N) is 1. The lowest BCUT2D eigenvalue weighted by Gasteiger charge is -2.23. The van der Waals surface area contributed by atoms with Crippen LogP contribution in [0, 0.1) is 0 Å². The van der Waals surface area contributed by atoms with E-state index in [1.807, 2.05) is 34.7 Å². The summed E-state index contributed by atoms with van der Waals surface area (Å²) in [5.74, 6) is -0.206. The molecule has 0 aliphatic heterocycles. The first-order chi connectivity index (χ1) is 8.26. The minimum Gasteiger partial charge on any atom is -0.459 e. The maximum Gasteiger partial charge on any atom is 0.323 e. The zero-order valence-corrected chi connectivity index (χ0v) is 12.6. The Balaban J connectivity index is 3.76. The van der Waals surface area contributed by atoms with Crippen molar-refractivity contribution in [3.05, 3.63) is 0 Å². The van der Waals surface area contributed by atoms with E-state index in [4.69, 9.17) is 9.47 Å². The van der Waals surface area contributed by atoms with Crippen molar-refractivity contribution in [1.29, 1.82) is 0 Å². The van der Waals surface area contributed by atoms with Crippen molar-refractivity contribution in [3.8, 4) is 0 Å². The molecular weight excluding hydrogens is 232 g/mol. The summed E-state index contributed by atoms with van der Waals surface area (Å²) in [4.78, 5) is 13.8. The van der Waals surface area contributed by atoms with Gasteiger partial charge in [-0.15, -0.1) is 0 Å². The largest absolute Gasteiger partial charge is 0.459 e. The van der Waals surface area contributed by atoms with Crippen molar-refractivity contribution in [2.45, 2.75) is 39.3 Å². The van der Waals surface area contributed by atoms with Gasteiger partial charge in [-0.25, -0.2) is 0 Å². The second-order valence-corrected chi connectivity index (χ2v) is 5.51. The Hall–Kier alpha value is -0.650. The third-order valence-electron chi connectivity index (χ3n) is 2.38. The average molecular weight is 260 g/mol. The van der Waals surface area contributed by atoms with E-state index in [0.29, 0.717) is 0 Å². The van der Waals surface area contributed by atoms with Gasteiger partial charge < -0.3 is 19.7 Å². The van der Waals surface area contributed by atoms with Crippen LogP contribution in [0.1, 0.15) is 27.7 Å². The smallest absolute Gasteiger partial charge is 0.323 e. The van der Waals surface area contributed by atoms with Crippen molar-refractivity contribution < 1.29 is 14.3 Å². The maximum absolute atomic E-state index is 11.7. The van der Waals surface area contributed by atoms with Crippen LogP contribution in [-0.2, 0) is 14.3 Å². The van der Waals surface area contributed by atoms with Crippen LogP contribution in [0.4, 0.5) is 0 Å². The highest BCUT2D eigenvalue weighted by Gasteiger charge is 2.20. The Labute approximate surface area is 111 Å². The Morgan fingerprint density at radius 2 is 1.94 bits per heavy atom. The first kappa shape index (κ1) is 17.4. The molecule has 0 aromatic carbocycles. The quantitative estimate of drug-likeness (QED) is 0.657. The van der Waals surface area contributed by atoms with Crippen LogP contribution in [0.15, 0.2) is 0 Å². The van der Waals surface area contributed by atoms with Crippen LogP contribution in [0.5, 0.6) is 0 Å². The predicted molar refractivity (Wildman–Crippen MR) is 72.7 cm³/mol. The summed E-state index contributed by atoms with van der Waals surface area (Å²) in [5.41, 5.74) is -0.428. The number of carbonyl (C=O) groups is 1. The minimum absolute atomic E-state index is 0.206. The van der Waals surface area contributed by atoms with Gasteiger partial charge in [-0.05, 0) is 34.7 Å². The molecule has 0 bridgehead atoms. The number of methoxy groups -OCH3 is 1.